The summed E-state index contributed by atoms with van der Waals surface area (Å²) in [6, 6.07) is 12.5. The van der Waals surface area contributed by atoms with Gasteiger partial charge in [0.15, 0.2) is 5.76 Å². The molecule has 0 aliphatic carbocycles. The molecule has 26 heavy (non-hydrogen) atoms. The van der Waals surface area contributed by atoms with E-state index in [-0.39, 0.29) is 17.0 Å². The van der Waals surface area contributed by atoms with Crippen molar-refractivity contribution in [1.82, 2.24) is 9.71 Å². The van der Waals surface area contributed by atoms with Gasteiger partial charge in [0.1, 0.15) is 5.69 Å². The third-order valence-corrected chi connectivity index (χ3v) is 5.07. The Balaban J connectivity index is 1.72. The number of methoxy groups -OCH3 is 1. The van der Waals surface area contributed by atoms with Crippen LogP contribution in [-0.4, -0.2) is 26.5 Å². The minimum Gasteiger partial charge on any atom is -0.465 e. The number of sulfonamides is 1. The molecule has 1 aromatic carbocycles. The number of aromatic nitrogens is 1. The van der Waals surface area contributed by atoms with Crippen molar-refractivity contribution in [1.29, 1.82) is 0 Å². The van der Waals surface area contributed by atoms with Gasteiger partial charge in [-0.3, -0.25) is 4.98 Å². The molecule has 0 radical (unpaired) electrons. The molecule has 3 aromatic rings. The summed E-state index contributed by atoms with van der Waals surface area (Å²) in [5, 5.41) is 0. The molecule has 0 spiro atoms. The van der Waals surface area contributed by atoms with Gasteiger partial charge in [0.05, 0.1) is 23.8 Å². The molecular formula is C18H16N2O5S. The Hall–Kier alpha value is -2.97. The lowest BCUT2D eigenvalue weighted by molar-refractivity contribution is 0.0600. The van der Waals surface area contributed by atoms with Crippen molar-refractivity contribution < 1.29 is 22.4 Å². The second kappa shape index (κ2) is 7.51. The molecule has 2 aromatic heterocycles. The summed E-state index contributed by atoms with van der Waals surface area (Å²) in [5.41, 5.74) is 1.64. The zero-order valence-corrected chi connectivity index (χ0v) is 14.7. The van der Waals surface area contributed by atoms with E-state index < -0.39 is 16.0 Å². The number of nitrogens with one attached hydrogen (secondary N) is 1. The standard InChI is InChI=1S/C18H16N2O5S/c1-24-18(21)14-4-6-15(7-5-14)26(22,23)20-12-13-8-9-19-16(11-13)17-3-2-10-25-17/h2-11,20H,12H2,1H3. The highest BCUT2D eigenvalue weighted by Crippen LogP contribution is 2.18. The molecule has 0 aliphatic rings. The smallest absolute Gasteiger partial charge is 0.337 e. The number of hydrogen-bond acceptors (Lipinski definition) is 6. The number of furan rings is 1. The van der Waals surface area contributed by atoms with E-state index in [0.717, 1.165) is 5.56 Å². The number of nitrogens with zero attached hydrogens (tertiary/aromatic N) is 1. The SMILES string of the molecule is COC(=O)c1ccc(S(=O)(=O)NCc2ccnc(-c3ccco3)c2)cc1. The molecule has 7 nitrogen and oxygen atoms in total. The predicted octanol–water partition coefficient (Wildman–Crippen LogP) is 2.61. The summed E-state index contributed by atoms with van der Waals surface area (Å²) in [4.78, 5) is 15.7. The van der Waals surface area contributed by atoms with Crippen LogP contribution in [0, 0.1) is 0 Å². The second-order valence-corrected chi connectivity index (χ2v) is 7.13. The predicted molar refractivity (Wildman–Crippen MR) is 93.7 cm³/mol. The molecule has 0 unspecified atom stereocenters. The lowest BCUT2D eigenvalue weighted by atomic mass is 10.2. The number of hydrogen-bond donors (Lipinski definition) is 1. The topological polar surface area (TPSA) is 98.5 Å². The first-order valence-corrected chi connectivity index (χ1v) is 9.15. The average molecular weight is 372 g/mol. The first kappa shape index (κ1) is 17.8. The van der Waals surface area contributed by atoms with Crippen molar-refractivity contribution in [3.63, 3.8) is 0 Å². The van der Waals surface area contributed by atoms with Crippen molar-refractivity contribution in [2.75, 3.05) is 7.11 Å². The van der Waals surface area contributed by atoms with Gasteiger partial charge in [0, 0.05) is 12.7 Å². The fraction of sp³-hybridized carbons (Fsp3) is 0.111. The normalized spacial score (nSPS) is 11.3. The second-order valence-electron chi connectivity index (χ2n) is 5.37. The van der Waals surface area contributed by atoms with Crippen LogP contribution in [0.5, 0.6) is 0 Å². The summed E-state index contributed by atoms with van der Waals surface area (Å²) in [7, 11) is -2.46. The molecule has 0 atom stereocenters. The minimum absolute atomic E-state index is 0.0606. The highest BCUT2D eigenvalue weighted by Gasteiger charge is 2.15. The van der Waals surface area contributed by atoms with E-state index in [1.165, 1.54) is 31.4 Å². The maximum Gasteiger partial charge on any atom is 0.337 e. The van der Waals surface area contributed by atoms with Crippen LogP contribution in [0.3, 0.4) is 0 Å². The molecule has 0 amide bonds. The van der Waals surface area contributed by atoms with E-state index >= 15 is 0 Å². The van der Waals surface area contributed by atoms with E-state index in [1.54, 1.807) is 36.7 Å². The fourth-order valence-electron chi connectivity index (χ4n) is 2.29. The van der Waals surface area contributed by atoms with Crippen LogP contribution in [0.15, 0.2) is 70.3 Å². The summed E-state index contributed by atoms with van der Waals surface area (Å²) >= 11 is 0. The van der Waals surface area contributed by atoms with Crippen molar-refractivity contribution >= 4 is 16.0 Å². The number of carbonyl (C=O) groups excluding carboxylic acids is 1. The van der Waals surface area contributed by atoms with Crippen LogP contribution in [-0.2, 0) is 21.3 Å². The number of carbonyl (C=O) groups is 1. The Morgan fingerprint density at radius 2 is 1.96 bits per heavy atom. The summed E-state index contributed by atoms with van der Waals surface area (Å²) in [6.45, 7) is 0.0946. The van der Waals surface area contributed by atoms with Gasteiger partial charge >= 0.3 is 5.97 Å². The molecule has 8 heteroatoms. The summed E-state index contributed by atoms with van der Waals surface area (Å²) in [6.07, 6.45) is 3.14. The maximum absolute atomic E-state index is 12.4. The van der Waals surface area contributed by atoms with Gasteiger partial charge in [0.25, 0.3) is 0 Å². The lowest BCUT2D eigenvalue weighted by Crippen LogP contribution is -2.23. The highest BCUT2D eigenvalue weighted by molar-refractivity contribution is 7.89. The Morgan fingerprint density at radius 1 is 1.19 bits per heavy atom. The number of pyridine rings is 1. The van der Waals surface area contributed by atoms with Gasteiger partial charge in [-0.2, -0.15) is 0 Å². The van der Waals surface area contributed by atoms with Gasteiger partial charge in [-0.1, -0.05) is 0 Å². The van der Waals surface area contributed by atoms with Gasteiger partial charge in [-0.05, 0) is 54.1 Å². The van der Waals surface area contributed by atoms with Crippen molar-refractivity contribution in [2.45, 2.75) is 11.4 Å². The molecule has 0 saturated carbocycles. The van der Waals surface area contributed by atoms with Gasteiger partial charge in [-0.25, -0.2) is 17.9 Å². The molecular weight excluding hydrogens is 356 g/mol. The van der Waals surface area contributed by atoms with Crippen LogP contribution < -0.4 is 4.72 Å². The molecule has 0 aliphatic heterocycles. The molecule has 134 valence electrons. The molecule has 3 rings (SSSR count). The zero-order chi connectivity index (χ0) is 18.6. The number of esters is 1. The molecule has 0 saturated heterocycles. The monoisotopic (exact) mass is 372 g/mol. The van der Waals surface area contributed by atoms with Crippen molar-refractivity contribution in [2.24, 2.45) is 0 Å². The van der Waals surface area contributed by atoms with E-state index in [2.05, 4.69) is 14.4 Å². The van der Waals surface area contributed by atoms with Gasteiger partial charge in [0.2, 0.25) is 10.0 Å². The molecule has 0 bridgehead atoms. The summed E-state index contributed by atoms with van der Waals surface area (Å²) in [5.74, 6) is 0.0808. The Bertz CT molecular complexity index is 996. The highest BCUT2D eigenvalue weighted by atomic mass is 32.2. The average Bonchev–Trinajstić information content (AvgIpc) is 3.21. The fourth-order valence-corrected chi connectivity index (χ4v) is 3.31. The Morgan fingerprint density at radius 3 is 2.62 bits per heavy atom. The summed E-state index contributed by atoms with van der Waals surface area (Å²) < 4.78 is 37.2. The van der Waals surface area contributed by atoms with Crippen LogP contribution in [0.4, 0.5) is 0 Å². The van der Waals surface area contributed by atoms with E-state index in [0.29, 0.717) is 11.5 Å². The van der Waals surface area contributed by atoms with Gasteiger partial charge < -0.3 is 9.15 Å². The van der Waals surface area contributed by atoms with Crippen molar-refractivity contribution in [3.8, 4) is 11.5 Å². The largest absolute Gasteiger partial charge is 0.465 e. The first-order chi connectivity index (χ1) is 12.5. The van der Waals surface area contributed by atoms with Crippen LogP contribution >= 0.6 is 0 Å². The molecule has 0 fully saturated rings. The van der Waals surface area contributed by atoms with E-state index in [4.69, 9.17) is 4.42 Å². The molecule has 2 heterocycles. The third-order valence-electron chi connectivity index (χ3n) is 3.65. The third kappa shape index (κ3) is 3.98. The van der Waals surface area contributed by atoms with Gasteiger partial charge in [-0.15, -0.1) is 0 Å². The van der Waals surface area contributed by atoms with Crippen LogP contribution in [0.1, 0.15) is 15.9 Å². The van der Waals surface area contributed by atoms with Crippen LogP contribution in [0.2, 0.25) is 0 Å². The number of rotatable bonds is 6. The zero-order valence-electron chi connectivity index (χ0n) is 13.9. The quantitative estimate of drug-likeness (QED) is 0.668. The minimum atomic E-state index is -3.72. The first-order valence-electron chi connectivity index (χ1n) is 7.66. The maximum atomic E-state index is 12.4. The molecule has 1 N–H and O–H groups in total. The number of benzene rings is 1. The van der Waals surface area contributed by atoms with Crippen LogP contribution in [0.25, 0.3) is 11.5 Å². The Labute approximate surface area is 150 Å². The number of ether oxygens (including phenoxy) is 1. The Kier molecular flexibility index (Phi) is 5.15. The van der Waals surface area contributed by atoms with Crippen molar-refractivity contribution in [3.05, 3.63) is 72.1 Å². The van der Waals surface area contributed by atoms with E-state index in [9.17, 15) is 13.2 Å². The van der Waals surface area contributed by atoms with E-state index in [1.807, 2.05) is 0 Å². The lowest BCUT2D eigenvalue weighted by Gasteiger charge is -2.08.